The van der Waals surface area contributed by atoms with E-state index < -0.39 is 5.41 Å². The highest BCUT2D eigenvalue weighted by Crippen LogP contribution is 2.35. The van der Waals surface area contributed by atoms with E-state index in [0.29, 0.717) is 30.0 Å². The lowest BCUT2D eigenvalue weighted by Crippen LogP contribution is -2.42. The lowest BCUT2D eigenvalue weighted by atomic mass is 9.74. The number of nitrogen functional groups attached to an aromatic ring is 1. The summed E-state index contributed by atoms with van der Waals surface area (Å²) in [6.07, 6.45) is 1.45. The van der Waals surface area contributed by atoms with Crippen molar-refractivity contribution in [1.29, 1.82) is 5.26 Å². The first-order valence-corrected chi connectivity index (χ1v) is 7.52. The van der Waals surface area contributed by atoms with Gasteiger partial charge >= 0.3 is 0 Å². The topological polar surface area (TPSA) is 78.8 Å². The van der Waals surface area contributed by atoms with E-state index in [9.17, 15) is 5.26 Å². The van der Waals surface area contributed by atoms with Gasteiger partial charge in [0.1, 0.15) is 11.0 Å². The number of rotatable bonds is 2. The summed E-state index contributed by atoms with van der Waals surface area (Å²) >= 11 is 5.94. The van der Waals surface area contributed by atoms with E-state index >= 15 is 0 Å². The van der Waals surface area contributed by atoms with E-state index in [1.807, 2.05) is 35.2 Å². The third-order valence-electron chi connectivity index (χ3n) is 4.14. The zero-order chi connectivity index (χ0) is 15.6. The van der Waals surface area contributed by atoms with Crippen molar-refractivity contribution in [2.45, 2.75) is 18.3 Å². The quantitative estimate of drug-likeness (QED) is 0.862. The first kappa shape index (κ1) is 14.6. The number of nitriles is 1. The summed E-state index contributed by atoms with van der Waals surface area (Å²) in [5, 5.41) is 10.0. The Hall–Kier alpha value is -2.32. The highest BCUT2D eigenvalue weighted by molar-refractivity contribution is 6.29. The lowest BCUT2D eigenvalue weighted by Gasteiger charge is -2.37. The normalized spacial score (nSPS) is 17.0. The lowest BCUT2D eigenvalue weighted by molar-refractivity contribution is 0.412. The number of halogens is 1. The van der Waals surface area contributed by atoms with Crippen LogP contribution in [-0.2, 0) is 5.41 Å². The van der Waals surface area contributed by atoms with E-state index in [0.717, 1.165) is 18.4 Å². The molecule has 1 saturated heterocycles. The van der Waals surface area contributed by atoms with Gasteiger partial charge in [-0.25, -0.2) is 4.98 Å². The minimum atomic E-state index is -0.443. The molecule has 2 N–H and O–H groups in total. The van der Waals surface area contributed by atoms with Crippen molar-refractivity contribution in [3.05, 3.63) is 47.1 Å². The standard InChI is InChI=1S/C16H16ClN5/c17-13-10-14(19)21-15(20-13)22-8-6-16(11-18,7-9-22)12-4-2-1-3-5-12/h1-5,10H,6-9H2,(H2,19,20,21). The first-order chi connectivity index (χ1) is 10.6. The Morgan fingerprint density at radius 3 is 2.45 bits per heavy atom. The van der Waals surface area contributed by atoms with Gasteiger partial charge in [0.15, 0.2) is 0 Å². The van der Waals surface area contributed by atoms with E-state index in [4.69, 9.17) is 17.3 Å². The number of aromatic nitrogens is 2. The molecule has 0 unspecified atom stereocenters. The predicted molar refractivity (Wildman–Crippen MR) is 86.6 cm³/mol. The Balaban J connectivity index is 1.81. The Bertz CT molecular complexity index is 682. The van der Waals surface area contributed by atoms with Crippen LogP contribution in [0.15, 0.2) is 36.4 Å². The molecule has 6 heteroatoms. The zero-order valence-electron chi connectivity index (χ0n) is 12.0. The van der Waals surface area contributed by atoms with Crippen molar-refractivity contribution < 1.29 is 0 Å². The Morgan fingerprint density at radius 1 is 1.18 bits per heavy atom. The van der Waals surface area contributed by atoms with E-state index in [1.54, 1.807) is 0 Å². The molecule has 0 saturated carbocycles. The van der Waals surface area contributed by atoms with Gasteiger partial charge in [0.2, 0.25) is 5.95 Å². The van der Waals surface area contributed by atoms with Gasteiger partial charge in [0.25, 0.3) is 0 Å². The second-order valence-corrected chi connectivity index (χ2v) is 5.85. The maximum atomic E-state index is 9.70. The summed E-state index contributed by atoms with van der Waals surface area (Å²) < 4.78 is 0. The molecule has 1 aliphatic rings. The number of nitrogens with two attached hydrogens (primary N) is 1. The fourth-order valence-electron chi connectivity index (χ4n) is 2.87. The van der Waals surface area contributed by atoms with Crippen molar-refractivity contribution in [1.82, 2.24) is 9.97 Å². The summed E-state index contributed by atoms with van der Waals surface area (Å²) in [4.78, 5) is 10.5. The summed E-state index contributed by atoms with van der Waals surface area (Å²) in [6, 6.07) is 14.0. The highest BCUT2D eigenvalue weighted by Gasteiger charge is 2.37. The number of hydrogen-bond acceptors (Lipinski definition) is 5. The number of anilines is 2. The fourth-order valence-corrected chi connectivity index (χ4v) is 3.06. The minimum absolute atomic E-state index is 0.336. The Kier molecular flexibility index (Phi) is 3.86. The van der Waals surface area contributed by atoms with Crippen molar-refractivity contribution in [3.63, 3.8) is 0 Å². The third kappa shape index (κ3) is 2.70. The molecule has 0 amide bonds. The number of piperidine rings is 1. The van der Waals surface area contributed by atoms with Gasteiger partial charge in [-0.05, 0) is 18.4 Å². The Morgan fingerprint density at radius 2 is 1.86 bits per heavy atom. The van der Waals surface area contributed by atoms with Crippen molar-refractivity contribution >= 4 is 23.4 Å². The molecule has 1 aromatic heterocycles. The molecule has 2 aromatic rings. The number of benzene rings is 1. The van der Waals surface area contributed by atoms with Gasteiger partial charge in [0.05, 0.1) is 11.5 Å². The molecule has 0 bridgehead atoms. The molecule has 0 atom stereocenters. The molecular formula is C16H16ClN5. The summed E-state index contributed by atoms with van der Waals surface area (Å²) in [5.74, 6) is 0.889. The SMILES string of the molecule is N#CC1(c2ccccc2)CCN(c2nc(N)cc(Cl)n2)CC1. The predicted octanol–water partition coefficient (Wildman–Crippen LogP) is 2.77. The largest absolute Gasteiger partial charge is 0.383 e. The first-order valence-electron chi connectivity index (χ1n) is 7.15. The molecule has 2 heterocycles. The second kappa shape index (κ2) is 5.82. The van der Waals surface area contributed by atoms with Gasteiger partial charge in [0, 0.05) is 19.2 Å². The van der Waals surface area contributed by atoms with Gasteiger partial charge in [-0.3, -0.25) is 0 Å². The van der Waals surface area contributed by atoms with Crippen LogP contribution >= 0.6 is 11.6 Å². The van der Waals surface area contributed by atoms with Gasteiger partial charge in [-0.15, -0.1) is 0 Å². The number of hydrogen-bond donors (Lipinski definition) is 1. The second-order valence-electron chi connectivity index (χ2n) is 5.46. The average molecular weight is 314 g/mol. The molecule has 1 aliphatic heterocycles. The third-order valence-corrected chi connectivity index (χ3v) is 4.34. The summed E-state index contributed by atoms with van der Waals surface area (Å²) in [5.41, 5.74) is 6.35. The van der Waals surface area contributed by atoms with Crippen LogP contribution in [0.25, 0.3) is 0 Å². The maximum absolute atomic E-state index is 9.70. The van der Waals surface area contributed by atoms with Crippen LogP contribution in [0.2, 0.25) is 5.15 Å². The summed E-state index contributed by atoms with van der Waals surface area (Å²) in [6.45, 7) is 1.39. The molecule has 1 aromatic carbocycles. The molecule has 3 rings (SSSR count). The van der Waals surface area contributed by atoms with Gasteiger partial charge in [-0.2, -0.15) is 10.2 Å². The van der Waals surface area contributed by atoms with Crippen LogP contribution in [-0.4, -0.2) is 23.1 Å². The fraction of sp³-hybridized carbons (Fsp3) is 0.312. The van der Waals surface area contributed by atoms with Gasteiger partial charge < -0.3 is 10.6 Å². The van der Waals surface area contributed by atoms with Crippen LogP contribution in [0, 0.1) is 11.3 Å². The van der Waals surface area contributed by atoms with Crippen molar-refractivity contribution in [2.24, 2.45) is 0 Å². The smallest absolute Gasteiger partial charge is 0.228 e. The van der Waals surface area contributed by atoms with Crippen LogP contribution < -0.4 is 10.6 Å². The van der Waals surface area contributed by atoms with Gasteiger partial charge in [-0.1, -0.05) is 41.9 Å². The van der Waals surface area contributed by atoms with Crippen LogP contribution in [0.4, 0.5) is 11.8 Å². The molecule has 1 fully saturated rings. The molecular weight excluding hydrogens is 298 g/mol. The van der Waals surface area contributed by atoms with Crippen LogP contribution in [0.5, 0.6) is 0 Å². The van der Waals surface area contributed by atoms with Crippen LogP contribution in [0.1, 0.15) is 18.4 Å². The zero-order valence-corrected chi connectivity index (χ0v) is 12.8. The van der Waals surface area contributed by atoms with E-state index in [1.165, 1.54) is 6.07 Å². The number of nitrogens with zero attached hydrogens (tertiary/aromatic N) is 4. The minimum Gasteiger partial charge on any atom is -0.383 e. The van der Waals surface area contributed by atoms with E-state index in [-0.39, 0.29) is 0 Å². The van der Waals surface area contributed by atoms with Crippen molar-refractivity contribution in [2.75, 3.05) is 23.7 Å². The average Bonchev–Trinajstić information content (AvgIpc) is 2.55. The van der Waals surface area contributed by atoms with E-state index in [2.05, 4.69) is 16.0 Å². The molecule has 112 valence electrons. The highest BCUT2D eigenvalue weighted by atomic mass is 35.5. The monoisotopic (exact) mass is 313 g/mol. The molecule has 0 aliphatic carbocycles. The molecule has 5 nitrogen and oxygen atoms in total. The molecule has 0 spiro atoms. The Labute approximate surface area is 134 Å². The molecule has 22 heavy (non-hydrogen) atoms. The van der Waals surface area contributed by atoms with Crippen LogP contribution in [0.3, 0.4) is 0 Å². The maximum Gasteiger partial charge on any atom is 0.228 e. The summed E-state index contributed by atoms with van der Waals surface area (Å²) in [7, 11) is 0. The van der Waals surface area contributed by atoms with Crippen molar-refractivity contribution in [3.8, 4) is 6.07 Å². The molecule has 0 radical (unpaired) electrons.